The molecule has 0 saturated carbocycles. The number of ether oxygens (including phenoxy) is 1. The van der Waals surface area contributed by atoms with Crippen molar-refractivity contribution in [1.82, 2.24) is 5.32 Å². The van der Waals surface area contributed by atoms with Crippen molar-refractivity contribution in [3.05, 3.63) is 30.3 Å². The van der Waals surface area contributed by atoms with Crippen LogP contribution < -0.4 is 10.2 Å². The van der Waals surface area contributed by atoms with E-state index in [-0.39, 0.29) is 5.91 Å². The van der Waals surface area contributed by atoms with Gasteiger partial charge in [-0.3, -0.25) is 4.79 Å². The molecule has 2 aliphatic heterocycles. The SMILES string of the molecule is O=C1OC2(CCNCC2)C(=O)N1c1ccccc1. The minimum atomic E-state index is -0.946. The first-order valence-electron chi connectivity index (χ1n) is 6.06. The molecule has 1 aromatic carbocycles. The van der Waals surface area contributed by atoms with Crippen molar-refractivity contribution in [3.8, 4) is 0 Å². The van der Waals surface area contributed by atoms with Crippen molar-refractivity contribution in [2.45, 2.75) is 18.4 Å². The topological polar surface area (TPSA) is 58.6 Å². The summed E-state index contributed by atoms with van der Waals surface area (Å²) in [5.74, 6) is -0.236. The molecule has 0 atom stereocenters. The molecule has 2 heterocycles. The van der Waals surface area contributed by atoms with Crippen molar-refractivity contribution in [2.75, 3.05) is 18.0 Å². The molecule has 5 nitrogen and oxygen atoms in total. The molecule has 1 aromatic rings. The van der Waals surface area contributed by atoms with Gasteiger partial charge in [0.25, 0.3) is 5.91 Å². The van der Waals surface area contributed by atoms with E-state index in [1.54, 1.807) is 24.3 Å². The number of carbonyl (C=O) groups excluding carboxylic acids is 2. The summed E-state index contributed by atoms with van der Waals surface area (Å²) in [6.07, 6.45) is 0.523. The molecule has 94 valence electrons. The lowest BCUT2D eigenvalue weighted by Crippen LogP contribution is -2.48. The Morgan fingerprint density at radius 2 is 1.78 bits per heavy atom. The number of anilines is 1. The number of amides is 2. The summed E-state index contributed by atoms with van der Waals surface area (Å²) < 4.78 is 5.37. The minimum absolute atomic E-state index is 0.236. The van der Waals surface area contributed by atoms with Crippen LogP contribution in [0.25, 0.3) is 0 Å². The Bertz CT molecular complexity index is 480. The maximum atomic E-state index is 12.4. The number of rotatable bonds is 1. The Morgan fingerprint density at radius 1 is 1.11 bits per heavy atom. The number of imide groups is 1. The predicted molar refractivity (Wildman–Crippen MR) is 65.2 cm³/mol. The molecule has 18 heavy (non-hydrogen) atoms. The van der Waals surface area contributed by atoms with Gasteiger partial charge in [-0.1, -0.05) is 18.2 Å². The summed E-state index contributed by atoms with van der Waals surface area (Å²) in [7, 11) is 0. The van der Waals surface area contributed by atoms with Crippen LogP contribution in [0.5, 0.6) is 0 Å². The van der Waals surface area contributed by atoms with E-state index in [0.29, 0.717) is 31.6 Å². The molecule has 1 N–H and O–H groups in total. The number of hydrogen-bond donors (Lipinski definition) is 1. The summed E-state index contributed by atoms with van der Waals surface area (Å²) in [5, 5.41) is 3.16. The van der Waals surface area contributed by atoms with E-state index in [2.05, 4.69) is 5.32 Å². The van der Waals surface area contributed by atoms with E-state index in [1.807, 2.05) is 6.07 Å². The highest BCUT2D eigenvalue weighted by molar-refractivity contribution is 6.20. The van der Waals surface area contributed by atoms with Gasteiger partial charge in [-0.25, -0.2) is 9.69 Å². The second-order valence-electron chi connectivity index (χ2n) is 4.59. The van der Waals surface area contributed by atoms with E-state index >= 15 is 0 Å². The van der Waals surface area contributed by atoms with Crippen LogP contribution in [0.15, 0.2) is 30.3 Å². The Labute approximate surface area is 105 Å². The first kappa shape index (κ1) is 11.2. The maximum absolute atomic E-state index is 12.4. The van der Waals surface area contributed by atoms with Crippen molar-refractivity contribution in [3.63, 3.8) is 0 Å². The third-order valence-corrected chi connectivity index (χ3v) is 3.48. The summed E-state index contributed by atoms with van der Waals surface area (Å²) >= 11 is 0. The van der Waals surface area contributed by atoms with Crippen molar-refractivity contribution < 1.29 is 14.3 Å². The number of hydrogen-bond acceptors (Lipinski definition) is 4. The maximum Gasteiger partial charge on any atom is 0.422 e. The van der Waals surface area contributed by atoms with Crippen LogP contribution in [0, 0.1) is 0 Å². The van der Waals surface area contributed by atoms with Crippen LogP contribution >= 0.6 is 0 Å². The predicted octanol–water partition coefficient (Wildman–Crippen LogP) is 1.29. The number of piperidine rings is 1. The molecular weight excluding hydrogens is 232 g/mol. The normalized spacial score (nSPS) is 22.3. The van der Waals surface area contributed by atoms with E-state index < -0.39 is 11.7 Å². The van der Waals surface area contributed by atoms with Crippen molar-refractivity contribution >= 4 is 17.7 Å². The fourth-order valence-electron chi connectivity index (χ4n) is 2.49. The molecule has 0 aliphatic carbocycles. The largest absolute Gasteiger partial charge is 0.432 e. The van der Waals surface area contributed by atoms with Crippen LogP contribution in [0.3, 0.4) is 0 Å². The molecule has 1 spiro atoms. The third-order valence-electron chi connectivity index (χ3n) is 3.48. The highest BCUT2D eigenvalue weighted by Gasteiger charge is 2.54. The number of benzene rings is 1. The van der Waals surface area contributed by atoms with Gasteiger partial charge in [0.1, 0.15) is 0 Å². The molecule has 0 radical (unpaired) electrons. The Balaban J connectivity index is 1.94. The Kier molecular flexibility index (Phi) is 2.56. The molecule has 2 aliphatic rings. The fourth-order valence-corrected chi connectivity index (χ4v) is 2.49. The molecule has 2 saturated heterocycles. The Morgan fingerprint density at radius 3 is 2.44 bits per heavy atom. The van der Waals surface area contributed by atoms with Crippen LogP contribution in [-0.2, 0) is 9.53 Å². The number of nitrogens with zero attached hydrogens (tertiary/aromatic N) is 1. The molecule has 0 unspecified atom stereocenters. The van der Waals surface area contributed by atoms with E-state index in [9.17, 15) is 9.59 Å². The average Bonchev–Trinajstić information content (AvgIpc) is 2.63. The molecule has 0 bridgehead atoms. The fraction of sp³-hybridized carbons (Fsp3) is 0.385. The summed E-state index contributed by atoms with van der Waals surface area (Å²) in [5.41, 5.74) is -0.374. The smallest absolute Gasteiger partial charge is 0.422 e. The van der Waals surface area contributed by atoms with Gasteiger partial charge in [0.2, 0.25) is 0 Å². The summed E-state index contributed by atoms with van der Waals surface area (Å²) in [6.45, 7) is 1.39. The molecule has 0 aromatic heterocycles. The monoisotopic (exact) mass is 246 g/mol. The van der Waals surface area contributed by atoms with Crippen LogP contribution in [0.2, 0.25) is 0 Å². The third kappa shape index (κ3) is 1.59. The zero-order chi connectivity index (χ0) is 12.6. The lowest BCUT2D eigenvalue weighted by Gasteiger charge is -2.29. The lowest BCUT2D eigenvalue weighted by molar-refractivity contribution is -0.131. The van der Waals surface area contributed by atoms with Gasteiger partial charge in [-0.15, -0.1) is 0 Å². The highest BCUT2D eigenvalue weighted by Crippen LogP contribution is 2.35. The van der Waals surface area contributed by atoms with Gasteiger partial charge in [-0.2, -0.15) is 0 Å². The van der Waals surface area contributed by atoms with E-state index in [4.69, 9.17) is 4.74 Å². The first-order chi connectivity index (χ1) is 8.73. The Hall–Kier alpha value is -1.88. The molecule has 2 fully saturated rings. The summed E-state index contributed by atoms with van der Waals surface area (Å²) in [4.78, 5) is 25.5. The standard InChI is InChI=1S/C13H14N2O3/c16-11-13(6-8-14-9-7-13)18-12(17)15(11)10-4-2-1-3-5-10/h1-5,14H,6-9H2. The lowest BCUT2D eigenvalue weighted by atomic mass is 9.91. The number of carbonyl (C=O) groups is 2. The molecule has 2 amide bonds. The molecule has 3 rings (SSSR count). The zero-order valence-electron chi connectivity index (χ0n) is 9.89. The molecular formula is C13H14N2O3. The zero-order valence-corrected chi connectivity index (χ0v) is 9.89. The van der Waals surface area contributed by atoms with E-state index in [0.717, 1.165) is 4.90 Å². The summed E-state index contributed by atoms with van der Waals surface area (Å²) in [6, 6.07) is 8.90. The number of para-hydroxylation sites is 1. The second-order valence-corrected chi connectivity index (χ2v) is 4.59. The van der Waals surface area contributed by atoms with Crippen molar-refractivity contribution in [2.24, 2.45) is 0 Å². The van der Waals surface area contributed by atoms with Crippen LogP contribution in [-0.4, -0.2) is 30.7 Å². The average molecular weight is 246 g/mol. The first-order valence-corrected chi connectivity index (χ1v) is 6.06. The quantitative estimate of drug-likeness (QED) is 0.811. The number of nitrogens with one attached hydrogen (secondary N) is 1. The highest BCUT2D eigenvalue weighted by atomic mass is 16.6. The minimum Gasteiger partial charge on any atom is -0.432 e. The molecule has 5 heteroatoms. The van der Waals surface area contributed by atoms with E-state index in [1.165, 1.54) is 0 Å². The van der Waals surface area contributed by atoms with Gasteiger partial charge in [0.15, 0.2) is 5.60 Å². The van der Waals surface area contributed by atoms with Gasteiger partial charge >= 0.3 is 6.09 Å². The van der Waals surface area contributed by atoms with Gasteiger partial charge in [-0.05, 0) is 25.2 Å². The van der Waals surface area contributed by atoms with Crippen LogP contribution in [0.4, 0.5) is 10.5 Å². The second kappa shape index (κ2) is 4.10. The van der Waals surface area contributed by atoms with Gasteiger partial charge < -0.3 is 10.1 Å². The van der Waals surface area contributed by atoms with Crippen LogP contribution in [0.1, 0.15) is 12.8 Å². The van der Waals surface area contributed by atoms with Gasteiger partial charge in [0.05, 0.1) is 5.69 Å². The van der Waals surface area contributed by atoms with Crippen molar-refractivity contribution in [1.29, 1.82) is 0 Å². The van der Waals surface area contributed by atoms with Gasteiger partial charge in [0, 0.05) is 12.8 Å².